The van der Waals surface area contributed by atoms with Crippen LogP contribution in [0.15, 0.2) is 67.0 Å². The van der Waals surface area contributed by atoms with E-state index in [1.165, 1.54) is 5.56 Å². The molecule has 4 aromatic rings. The molecule has 0 aliphatic rings. The van der Waals surface area contributed by atoms with E-state index in [0.717, 1.165) is 39.3 Å². The molecule has 0 spiro atoms. The third kappa shape index (κ3) is 4.30. The first-order valence-electron chi connectivity index (χ1n) is 9.00. The highest BCUT2D eigenvalue weighted by atomic mass is 32.1. The Kier molecular flexibility index (Phi) is 5.37. The van der Waals surface area contributed by atoms with Crippen molar-refractivity contribution in [3.05, 3.63) is 72.6 Å². The summed E-state index contributed by atoms with van der Waals surface area (Å²) in [5.41, 5.74) is 8.16. The van der Waals surface area contributed by atoms with E-state index in [0.29, 0.717) is 6.54 Å². The number of hydrogen-bond donors (Lipinski definition) is 2. The summed E-state index contributed by atoms with van der Waals surface area (Å²) in [6.07, 6.45) is 5.47. The lowest BCUT2D eigenvalue weighted by Crippen LogP contribution is -2.25. The van der Waals surface area contributed by atoms with Crippen LogP contribution in [0.4, 0.5) is 5.13 Å². The molecule has 0 aliphatic heterocycles. The molecule has 2 heterocycles. The van der Waals surface area contributed by atoms with Crippen molar-refractivity contribution in [1.82, 2.24) is 15.2 Å². The smallest absolute Gasteiger partial charge is 0.206 e. The fourth-order valence-corrected chi connectivity index (χ4v) is 3.93. The largest absolute Gasteiger partial charge is 0.357 e. The average molecular weight is 376 g/mol. The van der Waals surface area contributed by atoms with Crippen LogP contribution in [0.2, 0.25) is 0 Å². The topological polar surface area (TPSA) is 76.7 Å². The van der Waals surface area contributed by atoms with Crippen molar-refractivity contribution in [2.75, 3.05) is 11.9 Å². The van der Waals surface area contributed by atoms with Crippen molar-refractivity contribution >= 4 is 27.2 Å². The molecule has 0 unspecified atom stereocenters. The summed E-state index contributed by atoms with van der Waals surface area (Å²) in [4.78, 5) is 4.16. The standard InChI is InChI=1S/C21H21N5S/c22-10-8-19(12-15-4-2-1-3-5-15)24-21-26-25-20(27-21)17-6-7-18-14-23-11-9-16(18)13-17/h1-7,9,11,13-14,19H,8,10,12,22H2,(H,24,26)/t19-/m1/s1. The molecule has 27 heavy (non-hydrogen) atoms. The Balaban J connectivity index is 1.51. The molecule has 0 saturated heterocycles. The maximum Gasteiger partial charge on any atom is 0.206 e. The van der Waals surface area contributed by atoms with Crippen molar-refractivity contribution in [2.24, 2.45) is 5.73 Å². The predicted molar refractivity (Wildman–Crippen MR) is 112 cm³/mol. The second-order valence-electron chi connectivity index (χ2n) is 6.46. The highest BCUT2D eigenvalue weighted by Gasteiger charge is 2.13. The van der Waals surface area contributed by atoms with Gasteiger partial charge in [0.25, 0.3) is 0 Å². The first-order valence-corrected chi connectivity index (χ1v) is 9.81. The molecular formula is C21H21N5S. The van der Waals surface area contributed by atoms with Crippen LogP contribution >= 0.6 is 11.3 Å². The Morgan fingerprint density at radius 1 is 1.00 bits per heavy atom. The lowest BCUT2D eigenvalue weighted by Gasteiger charge is -2.17. The van der Waals surface area contributed by atoms with Crippen LogP contribution in [0.5, 0.6) is 0 Å². The molecule has 0 fully saturated rings. The number of anilines is 1. The molecule has 3 N–H and O–H groups in total. The number of rotatable bonds is 7. The minimum Gasteiger partial charge on any atom is -0.357 e. The van der Waals surface area contributed by atoms with Gasteiger partial charge in [0, 0.05) is 29.4 Å². The highest BCUT2D eigenvalue weighted by Crippen LogP contribution is 2.29. The first-order chi connectivity index (χ1) is 13.3. The number of hydrogen-bond acceptors (Lipinski definition) is 6. The van der Waals surface area contributed by atoms with Crippen molar-refractivity contribution in [3.8, 4) is 10.6 Å². The maximum atomic E-state index is 5.81. The van der Waals surface area contributed by atoms with Crippen LogP contribution in [0, 0.1) is 0 Å². The molecule has 0 amide bonds. The molecule has 0 radical (unpaired) electrons. The van der Waals surface area contributed by atoms with E-state index < -0.39 is 0 Å². The monoisotopic (exact) mass is 375 g/mol. The fourth-order valence-electron chi connectivity index (χ4n) is 3.11. The lowest BCUT2D eigenvalue weighted by atomic mass is 10.0. The average Bonchev–Trinajstić information content (AvgIpc) is 3.17. The van der Waals surface area contributed by atoms with Crippen molar-refractivity contribution < 1.29 is 0 Å². The summed E-state index contributed by atoms with van der Waals surface area (Å²) >= 11 is 1.57. The normalized spacial score (nSPS) is 12.2. The van der Waals surface area contributed by atoms with Gasteiger partial charge in [0.05, 0.1) is 0 Å². The van der Waals surface area contributed by atoms with Gasteiger partial charge in [-0.05, 0) is 42.5 Å². The minimum atomic E-state index is 0.237. The predicted octanol–water partition coefficient (Wildman–Crippen LogP) is 4.13. The van der Waals surface area contributed by atoms with Crippen molar-refractivity contribution in [3.63, 3.8) is 0 Å². The van der Waals surface area contributed by atoms with Gasteiger partial charge in [0.1, 0.15) is 5.01 Å². The van der Waals surface area contributed by atoms with Crippen LogP contribution in [-0.2, 0) is 6.42 Å². The second-order valence-corrected chi connectivity index (χ2v) is 7.44. The second kappa shape index (κ2) is 8.24. The molecule has 4 rings (SSSR count). The first kappa shape index (κ1) is 17.6. The van der Waals surface area contributed by atoms with Crippen LogP contribution in [0.1, 0.15) is 12.0 Å². The van der Waals surface area contributed by atoms with Gasteiger partial charge in [-0.2, -0.15) is 0 Å². The van der Waals surface area contributed by atoms with Crippen LogP contribution in [0.3, 0.4) is 0 Å². The van der Waals surface area contributed by atoms with E-state index in [1.807, 2.05) is 18.3 Å². The Morgan fingerprint density at radius 2 is 1.89 bits per heavy atom. The summed E-state index contributed by atoms with van der Waals surface area (Å²) in [5, 5.41) is 16.2. The van der Waals surface area contributed by atoms with Crippen molar-refractivity contribution in [2.45, 2.75) is 18.9 Å². The van der Waals surface area contributed by atoms with E-state index in [2.05, 4.69) is 63.0 Å². The number of pyridine rings is 1. The van der Waals surface area contributed by atoms with Gasteiger partial charge in [-0.3, -0.25) is 4.98 Å². The third-order valence-corrected chi connectivity index (χ3v) is 5.38. The Morgan fingerprint density at radius 3 is 2.74 bits per heavy atom. The molecule has 6 heteroatoms. The van der Waals surface area contributed by atoms with E-state index in [-0.39, 0.29) is 6.04 Å². The third-order valence-electron chi connectivity index (χ3n) is 4.48. The molecular weight excluding hydrogens is 354 g/mol. The summed E-state index contributed by atoms with van der Waals surface area (Å²) in [6, 6.07) is 18.9. The number of nitrogens with two attached hydrogens (primary N) is 1. The number of aromatic nitrogens is 3. The summed E-state index contributed by atoms with van der Waals surface area (Å²) < 4.78 is 0. The van der Waals surface area contributed by atoms with Crippen molar-refractivity contribution in [1.29, 1.82) is 0 Å². The zero-order valence-electron chi connectivity index (χ0n) is 14.9. The lowest BCUT2D eigenvalue weighted by molar-refractivity contribution is 0.656. The van der Waals surface area contributed by atoms with Crippen LogP contribution < -0.4 is 11.1 Å². The van der Waals surface area contributed by atoms with E-state index in [9.17, 15) is 0 Å². The van der Waals surface area contributed by atoms with Gasteiger partial charge in [0.2, 0.25) is 5.13 Å². The molecule has 2 aromatic heterocycles. The fraction of sp³-hybridized carbons (Fsp3) is 0.190. The molecule has 5 nitrogen and oxygen atoms in total. The zero-order valence-corrected chi connectivity index (χ0v) is 15.7. The Labute approximate surface area is 162 Å². The van der Waals surface area contributed by atoms with E-state index in [1.54, 1.807) is 17.5 Å². The van der Waals surface area contributed by atoms with E-state index >= 15 is 0 Å². The van der Waals surface area contributed by atoms with Gasteiger partial charge in [-0.1, -0.05) is 53.8 Å². The molecule has 136 valence electrons. The number of nitrogens with zero attached hydrogens (tertiary/aromatic N) is 3. The molecule has 0 bridgehead atoms. The number of fused-ring (bicyclic) bond motifs is 1. The minimum absolute atomic E-state index is 0.237. The number of nitrogens with one attached hydrogen (secondary N) is 1. The summed E-state index contributed by atoms with van der Waals surface area (Å²) in [5.74, 6) is 0. The molecule has 1 atom stereocenters. The Hall–Kier alpha value is -2.83. The maximum absolute atomic E-state index is 5.81. The molecule has 0 saturated carbocycles. The van der Waals surface area contributed by atoms with Gasteiger partial charge >= 0.3 is 0 Å². The highest BCUT2D eigenvalue weighted by molar-refractivity contribution is 7.18. The summed E-state index contributed by atoms with van der Waals surface area (Å²) in [6.45, 7) is 0.634. The van der Waals surface area contributed by atoms with Gasteiger partial charge in [0.15, 0.2) is 0 Å². The van der Waals surface area contributed by atoms with Gasteiger partial charge in [-0.25, -0.2) is 0 Å². The quantitative estimate of drug-likeness (QED) is 0.508. The van der Waals surface area contributed by atoms with Crippen LogP contribution in [0.25, 0.3) is 21.3 Å². The zero-order chi connectivity index (χ0) is 18.5. The van der Waals surface area contributed by atoms with Crippen LogP contribution in [-0.4, -0.2) is 27.8 Å². The van der Waals surface area contributed by atoms with E-state index in [4.69, 9.17) is 5.73 Å². The SMILES string of the molecule is NCC[C@H](Cc1ccccc1)Nc1nnc(-c2ccc3cnccc3c2)s1. The van der Waals surface area contributed by atoms with Gasteiger partial charge < -0.3 is 11.1 Å². The van der Waals surface area contributed by atoms with Gasteiger partial charge in [-0.15, -0.1) is 10.2 Å². The molecule has 0 aliphatic carbocycles. The summed E-state index contributed by atoms with van der Waals surface area (Å²) in [7, 11) is 0. The number of benzene rings is 2. The molecule has 2 aromatic carbocycles. The Bertz CT molecular complexity index is 1020.